The summed E-state index contributed by atoms with van der Waals surface area (Å²) in [5, 5.41) is 11.9. The molecule has 0 radical (unpaired) electrons. The molecule has 2 atom stereocenters. The summed E-state index contributed by atoms with van der Waals surface area (Å²) in [6, 6.07) is 0. The maximum atomic E-state index is 11.0. The van der Waals surface area contributed by atoms with Gasteiger partial charge in [-0.1, -0.05) is 12.7 Å². The molecule has 0 bridgehead atoms. The Morgan fingerprint density at radius 3 is 3.00 bits per heavy atom. The first-order valence-corrected chi connectivity index (χ1v) is 4.92. The lowest BCUT2D eigenvalue weighted by Crippen LogP contribution is -2.29. The van der Waals surface area contributed by atoms with Gasteiger partial charge in [0.25, 0.3) is 0 Å². The zero-order valence-electron chi connectivity index (χ0n) is 8.24. The van der Waals surface area contributed by atoms with Crippen LogP contribution in [-0.2, 0) is 4.74 Å². The van der Waals surface area contributed by atoms with Gasteiger partial charge in [0, 0.05) is 6.54 Å². The number of aliphatic hydroxyl groups excluding tert-OH is 1. The van der Waals surface area contributed by atoms with Crippen LogP contribution >= 0.6 is 0 Å². The van der Waals surface area contributed by atoms with Gasteiger partial charge in [0.05, 0.1) is 6.10 Å². The molecule has 2 unspecified atom stereocenters. The third-order valence-electron chi connectivity index (χ3n) is 2.38. The SMILES string of the molecule is C=CCOC(=O)NCC1CCC(O)C1. The molecule has 80 valence electrons. The molecule has 1 amide bonds. The van der Waals surface area contributed by atoms with E-state index in [9.17, 15) is 9.90 Å². The highest BCUT2D eigenvalue weighted by Gasteiger charge is 2.22. The zero-order valence-corrected chi connectivity index (χ0v) is 8.24. The molecule has 0 spiro atoms. The summed E-state index contributed by atoms with van der Waals surface area (Å²) < 4.78 is 4.75. The monoisotopic (exact) mass is 199 g/mol. The number of alkyl carbamates (subject to hydrolysis) is 1. The first-order chi connectivity index (χ1) is 6.72. The first-order valence-electron chi connectivity index (χ1n) is 4.92. The van der Waals surface area contributed by atoms with Crippen molar-refractivity contribution in [3.63, 3.8) is 0 Å². The number of hydrogen-bond acceptors (Lipinski definition) is 3. The summed E-state index contributed by atoms with van der Waals surface area (Å²) in [5.74, 6) is 0.390. The van der Waals surface area contributed by atoms with E-state index in [1.807, 2.05) is 0 Å². The van der Waals surface area contributed by atoms with Gasteiger partial charge in [0.2, 0.25) is 0 Å². The van der Waals surface area contributed by atoms with Crippen LogP contribution in [0.5, 0.6) is 0 Å². The van der Waals surface area contributed by atoms with E-state index in [1.54, 1.807) is 0 Å². The van der Waals surface area contributed by atoms with Gasteiger partial charge < -0.3 is 15.2 Å². The number of amides is 1. The highest BCUT2D eigenvalue weighted by molar-refractivity contribution is 5.67. The van der Waals surface area contributed by atoms with E-state index >= 15 is 0 Å². The smallest absolute Gasteiger partial charge is 0.407 e. The number of aliphatic hydroxyl groups is 1. The zero-order chi connectivity index (χ0) is 10.4. The third-order valence-corrected chi connectivity index (χ3v) is 2.38. The van der Waals surface area contributed by atoms with E-state index in [4.69, 9.17) is 4.74 Å². The fourth-order valence-corrected chi connectivity index (χ4v) is 1.65. The summed E-state index contributed by atoms with van der Waals surface area (Å²) >= 11 is 0. The van der Waals surface area contributed by atoms with Crippen molar-refractivity contribution in [2.24, 2.45) is 5.92 Å². The van der Waals surface area contributed by atoms with E-state index < -0.39 is 6.09 Å². The van der Waals surface area contributed by atoms with Crippen LogP contribution in [0.1, 0.15) is 19.3 Å². The highest BCUT2D eigenvalue weighted by Crippen LogP contribution is 2.24. The van der Waals surface area contributed by atoms with E-state index in [0.29, 0.717) is 12.5 Å². The molecular formula is C10H17NO3. The van der Waals surface area contributed by atoms with Crippen molar-refractivity contribution in [2.45, 2.75) is 25.4 Å². The Hall–Kier alpha value is -1.03. The van der Waals surface area contributed by atoms with Crippen LogP contribution in [-0.4, -0.2) is 30.5 Å². The van der Waals surface area contributed by atoms with Crippen molar-refractivity contribution < 1.29 is 14.6 Å². The van der Waals surface area contributed by atoms with Crippen LogP contribution in [0.4, 0.5) is 4.79 Å². The Labute approximate surface area is 83.9 Å². The van der Waals surface area contributed by atoms with Crippen molar-refractivity contribution in [3.05, 3.63) is 12.7 Å². The topological polar surface area (TPSA) is 58.6 Å². The Kier molecular flexibility index (Phi) is 4.46. The Bertz CT molecular complexity index is 206. The van der Waals surface area contributed by atoms with Crippen LogP contribution in [0.15, 0.2) is 12.7 Å². The molecule has 0 aromatic heterocycles. The van der Waals surface area contributed by atoms with E-state index in [1.165, 1.54) is 6.08 Å². The lowest BCUT2D eigenvalue weighted by atomic mass is 10.1. The second-order valence-electron chi connectivity index (χ2n) is 3.60. The highest BCUT2D eigenvalue weighted by atomic mass is 16.5. The standard InChI is InChI=1S/C10H17NO3/c1-2-5-14-10(13)11-7-8-3-4-9(12)6-8/h2,8-9,12H,1,3-7H2,(H,11,13). The van der Waals surface area contributed by atoms with Crippen molar-refractivity contribution in [3.8, 4) is 0 Å². The van der Waals surface area contributed by atoms with Crippen molar-refractivity contribution in [1.82, 2.24) is 5.32 Å². The number of nitrogens with one attached hydrogen (secondary N) is 1. The van der Waals surface area contributed by atoms with E-state index in [2.05, 4.69) is 11.9 Å². The van der Waals surface area contributed by atoms with Crippen LogP contribution in [0, 0.1) is 5.92 Å². The van der Waals surface area contributed by atoms with Crippen LogP contribution < -0.4 is 5.32 Å². The Morgan fingerprint density at radius 2 is 2.43 bits per heavy atom. The molecule has 0 aliphatic heterocycles. The minimum absolute atomic E-state index is 0.189. The summed E-state index contributed by atoms with van der Waals surface area (Å²) in [7, 11) is 0. The molecule has 1 rings (SSSR count). The van der Waals surface area contributed by atoms with Gasteiger partial charge in [0.1, 0.15) is 6.61 Å². The Morgan fingerprint density at radius 1 is 1.64 bits per heavy atom. The number of hydrogen-bond donors (Lipinski definition) is 2. The summed E-state index contributed by atoms with van der Waals surface area (Å²) in [6.07, 6.45) is 3.52. The van der Waals surface area contributed by atoms with Gasteiger partial charge in [-0.25, -0.2) is 4.79 Å². The minimum Gasteiger partial charge on any atom is -0.445 e. The van der Waals surface area contributed by atoms with Crippen LogP contribution in [0.25, 0.3) is 0 Å². The molecule has 0 heterocycles. The van der Waals surface area contributed by atoms with Crippen molar-refractivity contribution >= 4 is 6.09 Å². The molecule has 14 heavy (non-hydrogen) atoms. The quantitative estimate of drug-likeness (QED) is 0.665. The van der Waals surface area contributed by atoms with E-state index in [0.717, 1.165) is 19.3 Å². The minimum atomic E-state index is -0.411. The average molecular weight is 199 g/mol. The normalized spacial score (nSPS) is 25.8. The average Bonchev–Trinajstić information content (AvgIpc) is 2.58. The maximum absolute atomic E-state index is 11.0. The summed E-state index contributed by atoms with van der Waals surface area (Å²) in [4.78, 5) is 11.0. The van der Waals surface area contributed by atoms with Gasteiger partial charge in [0.15, 0.2) is 0 Å². The molecule has 4 heteroatoms. The molecule has 4 nitrogen and oxygen atoms in total. The fraction of sp³-hybridized carbons (Fsp3) is 0.700. The number of carbonyl (C=O) groups is 1. The maximum Gasteiger partial charge on any atom is 0.407 e. The Balaban J connectivity index is 2.08. The predicted molar refractivity (Wildman–Crippen MR) is 52.9 cm³/mol. The van der Waals surface area contributed by atoms with Gasteiger partial charge in [-0.05, 0) is 25.2 Å². The lowest BCUT2D eigenvalue weighted by Gasteiger charge is -2.10. The van der Waals surface area contributed by atoms with Gasteiger partial charge in [-0.3, -0.25) is 0 Å². The van der Waals surface area contributed by atoms with Crippen molar-refractivity contribution in [1.29, 1.82) is 0 Å². The van der Waals surface area contributed by atoms with Crippen LogP contribution in [0.2, 0.25) is 0 Å². The number of carbonyl (C=O) groups excluding carboxylic acids is 1. The molecule has 0 aromatic rings. The fourth-order valence-electron chi connectivity index (χ4n) is 1.65. The molecule has 0 saturated heterocycles. The van der Waals surface area contributed by atoms with E-state index in [-0.39, 0.29) is 12.7 Å². The second kappa shape index (κ2) is 5.65. The number of rotatable bonds is 4. The molecular weight excluding hydrogens is 182 g/mol. The van der Waals surface area contributed by atoms with Gasteiger partial charge in [-0.2, -0.15) is 0 Å². The molecule has 1 saturated carbocycles. The second-order valence-corrected chi connectivity index (χ2v) is 3.60. The molecule has 0 aromatic carbocycles. The summed E-state index contributed by atoms with van der Waals surface area (Å²) in [5.41, 5.74) is 0. The van der Waals surface area contributed by atoms with Gasteiger partial charge >= 0.3 is 6.09 Å². The number of ether oxygens (including phenoxy) is 1. The third kappa shape index (κ3) is 3.79. The van der Waals surface area contributed by atoms with Crippen molar-refractivity contribution in [2.75, 3.05) is 13.2 Å². The molecule has 1 aliphatic carbocycles. The largest absolute Gasteiger partial charge is 0.445 e. The van der Waals surface area contributed by atoms with Gasteiger partial charge in [-0.15, -0.1) is 0 Å². The predicted octanol–water partition coefficient (Wildman–Crippen LogP) is 1.06. The van der Waals surface area contributed by atoms with Crippen LogP contribution in [0.3, 0.4) is 0 Å². The first kappa shape index (κ1) is 11.0. The molecule has 1 fully saturated rings. The molecule has 1 aliphatic rings. The lowest BCUT2D eigenvalue weighted by molar-refractivity contribution is 0.154. The summed E-state index contributed by atoms with van der Waals surface area (Å²) in [6.45, 7) is 4.27. The molecule has 2 N–H and O–H groups in total.